The third kappa shape index (κ3) is 35.2. The first-order valence-corrected chi connectivity index (χ1v) is 21.9. The average molecular weight is 759 g/mol. The molecular formula is C41H75O10P. The summed E-state index contributed by atoms with van der Waals surface area (Å²) in [5.41, 5.74) is 0. The number of esters is 2. The molecule has 0 aliphatic rings. The summed E-state index contributed by atoms with van der Waals surface area (Å²) in [5.74, 6) is -1.04. The van der Waals surface area contributed by atoms with Crippen LogP contribution in [-0.4, -0.2) is 65.7 Å². The van der Waals surface area contributed by atoms with Gasteiger partial charge in [-0.25, -0.2) is 4.57 Å². The summed E-state index contributed by atoms with van der Waals surface area (Å²) in [7, 11) is -4.64. The first-order valence-electron chi connectivity index (χ1n) is 20.4. The number of unbranched alkanes of at least 4 members (excludes halogenated alkanes) is 18. The molecule has 0 bridgehead atoms. The number of ether oxygens (including phenoxy) is 2. The fourth-order valence-electron chi connectivity index (χ4n) is 5.37. The lowest BCUT2D eigenvalue weighted by molar-refractivity contribution is -0.153. The van der Waals surface area contributed by atoms with E-state index in [9.17, 15) is 29.3 Å². The van der Waals surface area contributed by atoms with Gasteiger partial charge in [-0.1, -0.05) is 127 Å². The van der Waals surface area contributed by atoms with Crippen molar-refractivity contribution in [1.29, 1.82) is 0 Å². The number of carbonyl (C=O) groups excluding carboxylic acids is 2. The van der Waals surface area contributed by atoms with E-state index in [1.54, 1.807) is 0 Å². The summed E-state index contributed by atoms with van der Waals surface area (Å²) < 4.78 is 32.5. The Labute approximate surface area is 316 Å². The van der Waals surface area contributed by atoms with Crippen molar-refractivity contribution in [2.24, 2.45) is 0 Å². The molecule has 304 valence electrons. The quantitative estimate of drug-likeness (QED) is 0.0240. The van der Waals surface area contributed by atoms with E-state index in [4.69, 9.17) is 18.5 Å². The lowest BCUT2D eigenvalue weighted by Crippen LogP contribution is -2.28. The third-order valence-corrected chi connectivity index (χ3v) is 9.53. The molecule has 0 heterocycles. The number of phosphoric ester groups is 1. The Morgan fingerprint density at radius 3 is 1.25 bits per heavy atom. The zero-order valence-electron chi connectivity index (χ0n) is 32.8. The monoisotopic (exact) mass is 759 g/mol. The maximum Gasteiger partial charge on any atom is 0.472 e. The fraction of sp³-hybridized carbons (Fsp3) is 0.805. The van der Waals surface area contributed by atoms with Gasteiger partial charge in [0.05, 0.1) is 26.4 Å². The number of allylic oxidation sites excluding steroid dienone is 6. The Bertz CT molecular complexity index is 967. The zero-order valence-corrected chi connectivity index (χ0v) is 33.7. The molecule has 0 spiro atoms. The standard InChI is InChI=1S/C41H75O10P/c1-3-5-7-9-11-13-15-17-19-21-23-25-27-29-31-33-41(45)51-39(35-43)37-49-52(46,47)48-36-38(34-42)50-40(44)32-30-28-26-24-22-20-18-16-14-12-10-8-6-4-2/h11,13,16-19,38-39,42-43H,3-10,12,14-15,20-37H2,1-2H3,(H,46,47)/b13-11-,18-16-,19-17-. The van der Waals surface area contributed by atoms with Crippen LogP contribution in [0, 0.1) is 0 Å². The van der Waals surface area contributed by atoms with Crippen molar-refractivity contribution in [3.63, 3.8) is 0 Å². The summed E-state index contributed by atoms with van der Waals surface area (Å²) in [6.45, 7) is 2.14. The normalized spacial score (nSPS) is 14.3. The van der Waals surface area contributed by atoms with Crippen molar-refractivity contribution < 1.29 is 47.8 Å². The predicted octanol–water partition coefficient (Wildman–Crippen LogP) is 10.4. The molecule has 3 unspecified atom stereocenters. The number of hydrogen-bond donors (Lipinski definition) is 3. The van der Waals surface area contributed by atoms with Crippen LogP contribution >= 0.6 is 7.82 Å². The van der Waals surface area contributed by atoms with Crippen LogP contribution in [0.1, 0.15) is 174 Å². The highest BCUT2D eigenvalue weighted by Gasteiger charge is 2.27. The molecule has 3 atom stereocenters. The minimum absolute atomic E-state index is 0.175. The molecule has 11 heteroatoms. The van der Waals surface area contributed by atoms with Crippen LogP contribution in [0.15, 0.2) is 36.5 Å². The van der Waals surface area contributed by atoms with Crippen molar-refractivity contribution >= 4 is 19.8 Å². The summed E-state index contributed by atoms with van der Waals surface area (Å²) in [6, 6.07) is 0. The molecule has 0 aliphatic heterocycles. The Kier molecular flexibility index (Phi) is 36.2. The van der Waals surface area contributed by atoms with E-state index >= 15 is 0 Å². The highest BCUT2D eigenvalue weighted by molar-refractivity contribution is 7.47. The highest BCUT2D eigenvalue weighted by atomic mass is 31.2. The second-order valence-electron chi connectivity index (χ2n) is 13.6. The SMILES string of the molecule is CCCCC/C=C\C/C=C\CCCCCCCC(=O)OC(CO)COP(=O)(O)OCC(CO)OC(=O)CCCCCCC/C=C\CCCCCCC. The van der Waals surface area contributed by atoms with E-state index in [-0.39, 0.29) is 12.8 Å². The fourth-order valence-corrected chi connectivity index (χ4v) is 6.16. The van der Waals surface area contributed by atoms with Gasteiger partial charge in [-0.3, -0.25) is 18.6 Å². The Hall–Kier alpha value is -1.81. The van der Waals surface area contributed by atoms with Crippen LogP contribution in [0.4, 0.5) is 0 Å². The number of aliphatic hydroxyl groups is 2. The van der Waals surface area contributed by atoms with Crippen molar-refractivity contribution in [3.8, 4) is 0 Å². The van der Waals surface area contributed by atoms with Gasteiger partial charge in [0.15, 0.2) is 0 Å². The van der Waals surface area contributed by atoms with Crippen molar-refractivity contribution in [1.82, 2.24) is 0 Å². The number of carbonyl (C=O) groups is 2. The summed E-state index contributed by atoms with van der Waals surface area (Å²) in [4.78, 5) is 34.4. The molecular weight excluding hydrogens is 683 g/mol. The van der Waals surface area contributed by atoms with Gasteiger partial charge < -0.3 is 24.6 Å². The predicted molar refractivity (Wildman–Crippen MR) is 210 cm³/mol. The van der Waals surface area contributed by atoms with Gasteiger partial charge in [-0.2, -0.15) is 0 Å². The van der Waals surface area contributed by atoms with Gasteiger partial charge >= 0.3 is 19.8 Å². The van der Waals surface area contributed by atoms with Gasteiger partial charge in [0.2, 0.25) is 0 Å². The second-order valence-corrected chi connectivity index (χ2v) is 15.1. The highest BCUT2D eigenvalue weighted by Crippen LogP contribution is 2.43. The van der Waals surface area contributed by atoms with E-state index in [0.29, 0.717) is 12.8 Å². The van der Waals surface area contributed by atoms with E-state index in [1.807, 2.05) is 0 Å². The molecule has 0 aromatic rings. The molecule has 0 saturated heterocycles. The maximum atomic E-state index is 12.3. The topological polar surface area (TPSA) is 149 Å². The summed E-state index contributed by atoms with van der Waals surface area (Å²) in [6.07, 6.45) is 36.8. The number of phosphoric acid groups is 1. The molecule has 0 aromatic heterocycles. The van der Waals surface area contributed by atoms with E-state index in [0.717, 1.165) is 83.5 Å². The van der Waals surface area contributed by atoms with Crippen LogP contribution in [0.3, 0.4) is 0 Å². The second kappa shape index (κ2) is 37.5. The number of rotatable bonds is 38. The lowest BCUT2D eigenvalue weighted by atomic mass is 10.1. The van der Waals surface area contributed by atoms with Gasteiger partial charge in [0.1, 0.15) is 12.2 Å². The number of hydrogen-bond acceptors (Lipinski definition) is 9. The van der Waals surface area contributed by atoms with E-state index < -0.39 is 58.4 Å². The van der Waals surface area contributed by atoms with Gasteiger partial charge in [0, 0.05) is 12.8 Å². The van der Waals surface area contributed by atoms with Crippen LogP contribution in [-0.2, 0) is 32.7 Å². The van der Waals surface area contributed by atoms with Crippen molar-refractivity contribution in [2.75, 3.05) is 26.4 Å². The molecule has 0 saturated carbocycles. The largest absolute Gasteiger partial charge is 0.472 e. The minimum atomic E-state index is -4.64. The first-order chi connectivity index (χ1) is 25.3. The molecule has 0 amide bonds. The molecule has 52 heavy (non-hydrogen) atoms. The Balaban J connectivity index is 3.99. The summed E-state index contributed by atoms with van der Waals surface area (Å²) in [5, 5.41) is 19.1. The van der Waals surface area contributed by atoms with Gasteiger partial charge in [0.25, 0.3) is 0 Å². The van der Waals surface area contributed by atoms with E-state index in [1.165, 1.54) is 51.4 Å². The molecule has 0 aliphatic carbocycles. The number of aliphatic hydroxyl groups excluding tert-OH is 2. The van der Waals surface area contributed by atoms with Gasteiger partial charge in [-0.05, 0) is 70.6 Å². The molecule has 0 radical (unpaired) electrons. The Morgan fingerprint density at radius 2 is 0.846 bits per heavy atom. The van der Waals surface area contributed by atoms with Crippen molar-refractivity contribution in [3.05, 3.63) is 36.5 Å². The van der Waals surface area contributed by atoms with E-state index in [2.05, 4.69) is 50.3 Å². The zero-order chi connectivity index (χ0) is 38.4. The van der Waals surface area contributed by atoms with Crippen molar-refractivity contribution in [2.45, 2.75) is 187 Å². The lowest BCUT2D eigenvalue weighted by Gasteiger charge is -2.20. The maximum absolute atomic E-state index is 12.3. The minimum Gasteiger partial charge on any atom is -0.457 e. The van der Waals surface area contributed by atoms with Crippen LogP contribution < -0.4 is 0 Å². The molecule has 0 rings (SSSR count). The molecule has 0 fully saturated rings. The molecule has 10 nitrogen and oxygen atoms in total. The summed E-state index contributed by atoms with van der Waals surface area (Å²) >= 11 is 0. The average Bonchev–Trinajstić information content (AvgIpc) is 3.13. The third-order valence-electron chi connectivity index (χ3n) is 8.57. The Morgan fingerprint density at radius 1 is 0.519 bits per heavy atom. The smallest absolute Gasteiger partial charge is 0.457 e. The molecule has 0 aromatic carbocycles. The van der Waals surface area contributed by atoms with Crippen LogP contribution in [0.25, 0.3) is 0 Å². The first kappa shape index (κ1) is 50.2. The van der Waals surface area contributed by atoms with Crippen LogP contribution in [0.5, 0.6) is 0 Å². The van der Waals surface area contributed by atoms with Gasteiger partial charge in [-0.15, -0.1) is 0 Å². The molecule has 3 N–H and O–H groups in total. The van der Waals surface area contributed by atoms with Crippen LogP contribution in [0.2, 0.25) is 0 Å².